The lowest BCUT2D eigenvalue weighted by atomic mass is 10.1. The molecule has 6 heteroatoms. The van der Waals surface area contributed by atoms with E-state index in [1.807, 2.05) is 24.3 Å². The van der Waals surface area contributed by atoms with E-state index in [9.17, 15) is 9.90 Å². The highest BCUT2D eigenvalue weighted by atomic mass is 35.5. The van der Waals surface area contributed by atoms with E-state index in [0.717, 1.165) is 28.3 Å². The van der Waals surface area contributed by atoms with Crippen LogP contribution in [0, 0.1) is 6.92 Å². The maximum absolute atomic E-state index is 11.8. The first-order valence-electron chi connectivity index (χ1n) is 7.89. The molecule has 130 valence electrons. The zero-order chi connectivity index (χ0) is 17.8. The van der Waals surface area contributed by atoms with Crippen LogP contribution in [0.1, 0.15) is 11.1 Å². The molecular formula is C19H18ClNO3S. The molecule has 0 spiro atoms. The van der Waals surface area contributed by atoms with Crippen LogP contribution in [0.5, 0.6) is 5.75 Å². The van der Waals surface area contributed by atoms with Gasteiger partial charge in [-0.2, -0.15) is 0 Å². The first kappa shape index (κ1) is 17.9. The molecule has 0 aliphatic rings. The van der Waals surface area contributed by atoms with E-state index < -0.39 is 5.63 Å². The van der Waals surface area contributed by atoms with Gasteiger partial charge in [0.05, 0.1) is 0 Å². The molecule has 2 N–H and O–H groups in total. The summed E-state index contributed by atoms with van der Waals surface area (Å²) in [6.07, 6.45) is 0. The molecular weight excluding hydrogens is 358 g/mol. The van der Waals surface area contributed by atoms with Crippen molar-refractivity contribution in [2.45, 2.75) is 18.4 Å². The minimum atomic E-state index is -0.409. The Kier molecular flexibility index (Phi) is 5.68. The summed E-state index contributed by atoms with van der Waals surface area (Å²) in [5.41, 5.74) is 1.48. The van der Waals surface area contributed by atoms with Crippen LogP contribution in [0.4, 0.5) is 0 Å². The summed E-state index contributed by atoms with van der Waals surface area (Å²) in [4.78, 5) is 12.9. The number of halogens is 1. The standard InChI is InChI=1S/C19H18ClNO3S/c1-12-17(22)7-6-16-13(10-18(23)24-19(12)16)11-21-8-9-25-15-4-2-14(20)3-5-15/h2-7,10,21-22H,8-9,11H2,1H3. The third-order valence-electron chi connectivity index (χ3n) is 3.89. The molecule has 0 saturated carbocycles. The first-order chi connectivity index (χ1) is 12.0. The van der Waals surface area contributed by atoms with Crippen molar-refractivity contribution in [3.63, 3.8) is 0 Å². The van der Waals surface area contributed by atoms with Gasteiger partial charge in [-0.25, -0.2) is 4.79 Å². The van der Waals surface area contributed by atoms with Crippen LogP contribution in [-0.2, 0) is 6.54 Å². The number of benzene rings is 2. The Labute approximate surface area is 154 Å². The average molecular weight is 376 g/mol. The van der Waals surface area contributed by atoms with Gasteiger partial charge in [0.25, 0.3) is 0 Å². The number of thioether (sulfide) groups is 1. The molecule has 0 radical (unpaired) electrons. The molecule has 1 aromatic heterocycles. The van der Waals surface area contributed by atoms with Crippen molar-refractivity contribution in [2.75, 3.05) is 12.3 Å². The van der Waals surface area contributed by atoms with Crippen molar-refractivity contribution in [1.29, 1.82) is 0 Å². The molecule has 4 nitrogen and oxygen atoms in total. The van der Waals surface area contributed by atoms with Gasteiger partial charge in [-0.05, 0) is 48.9 Å². The number of nitrogens with one attached hydrogen (secondary N) is 1. The van der Waals surface area contributed by atoms with Gasteiger partial charge in [0.15, 0.2) is 0 Å². The quantitative estimate of drug-likeness (QED) is 0.381. The van der Waals surface area contributed by atoms with E-state index in [4.69, 9.17) is 16.0 Å². The van der Waals surface area contributed by atoms with Crippen LogP contribution in [0.25, 0.3) is 11.0 Å². The van der Waals surface area contributed by atoms with Crippen LogP contribution in [0.15, 0.2) is 56.6 Å². The van der Waals surface area contributed by atoms with Gasteiger partial charge in [0.1, 0.15) is 11.3 Å². The number of phenolic OH excluding ortho intramolecular Hbond substituents is 1. The van der Waals surface area contributed by atoms with E-state index in [1.165, 1.54) is 11.0 Å². The third kappa shape index (κ3) is 4.37. The molecule has 0 aliphatic carbocycles. The first-order valence-corrected chi connectivity index (χ1v) is 9.25. The van der Waals surface area contributed by atoms with E-state index >= 15 is 0 Å². The summed E-state index contributed by atoms with van der Waals surface area (Å²) in [6, 6.07) is 12.7. The van der Waals surface area contributed by atoms with Gasteiger partial charge >= 0.3 is 5.63 Å². The van der Waals surface area contributed by atoms with Crippen molar-refractivity contribution < 1.29 is 9.52 Å². The SMILES string of the molecule is Cc1c(O)ccc2c(CNCCSc3ccc(Cl)cc3)cc(=O)oc12. The lowest BCUT2D eigenvalue weighted by molar-refractivity contribution is 0.468. The fourth-order valence-corrected chi connectivity index (χ4v) is 3.49. The van der Waals surface area contributed by atoms with E-state index in [-0.39, 0.29) is 5.75 Å². The van der Waals surface area contributed by atoms with E-state index in [1.54, 1.807) is 30.8 Å². The van der Waals surface area contributed by atoms with Crippen LogP contribution >= 0.6 is 23.4 Å². The Morgan fingerprint density at radius 2 is 1.96 bits per heavy atom. The van der Waals surface area contributed by atoms with Crippen molar-refractivity contribution in [3.8, 4) is 5.75 Å². The molecule has 0 unspecified atom stereocenters. The second-order valence-corrected chi connectivity index (χ2v) is 7.26. The number of rotatable bonds is 6. The number of hydrogen-bond acceptors (Lipinski definition) is 5. The number of aryl methyl sites for hydroxylation is 1. The van der Waals surface area contributed by atoms with Crippen molar-refractivity contribution in [3.05, 3.63) is 69.0 Å². The van der Waals surface area contributed by atoms with Crippen LogP contribution in [-0.4, -0.2) is 17.4 Å². The van der Waals surface area contributed by atoms with Crippen molar-refractivity contribution >= 4 is 34.3 Å². The maximum atomic E-state index is 11.8. The van der Waals surface area contributed by atoms with Gasteiger partial charge in [0.2, 0.25) is 0 Å². The second-order valence-electron chi connectivity index (χ2n) is 5.66. The maximum Gasteiger partial charge on any atom is 0.336 e. The van der Waals surface area contributed by atoms with E-state index in [2.05, 4.69) is 5.32 Å². The zero-order valence-electron chi connectivity index (χ0n) is 13.7. The van der Waals surface area contributed by atoms with Crippen LogP contribution < -0.4 is 10.9 Å². The minimum Gasteiger partial charge on any atom is -0.508 e. The van der Waals surface area contributed by atoms with Crippen molar-refractivity contribution in [1.82, 2.24) is 5.32 Å². The highest BCUT2D eigenvalue weighted by Crippen LogP contribution is 2.27. The lowest BCUT2D eigenvalue weighted by Gasteiger charge is -2.09. The minimum absolute atomic E-state index is 0.125. The molecule has 0 fully saturated rings. The Bertz CT molecular complexity index is 938. The van der Waals surface area contributed by atoms with Gasteiger partial charge < -0.3 is 14.8 Å². The Morgan fingerprint density at radius 3 is 2.72 bits per heavy atom. The molecule has 0 atom stereocenters. The van der Waals surface area contributed by atoms with E-state index in [0.29, 0.717) is 17.7 Å². The van der Waals surface area contributed by atoms with Crippen LogP contribution in [0.2, 0.25) is 5.02 Å². The summed E-state index contributed by atoms with van der Waals surface area (Å²) < 4.78 is 5.25. The zero-order valence-corrected chi connectivity index (χ0v) is 15.3. The molecule has 0 saturated heterocycles. The number of aromatic hydroxyl groups is 1. The molecule has 0 bridgehead atoms. The van der Waals surface area contributed by atoms with Gasteiger partial charge in [-0.15, -0.1) is 11.8 Å². The Hall–Kier alpha value is -1.95. The summed E-state index contributed by atoms with van der Waals surface area (Å²) in [6.45, 7) is 3.10. The Balaban J connectivity index is 1.62. The van der Waals surface area contributed by atoms with Gasteiger partial charge in [-0.3, -0.25) is 0 Å². The predicted molar refractivity (Wildman–Crippen MR) is 103 cm³/mol. The third-order valence-corrected chi connectivity index (χ3v) is 5.16. The smallest absolute Gasteiger partial charge is 0.336 e. The number of fused-ring (bicyclic) bond motifs is 1. The molecule has 0 amide bonds. The van der Waals surface area contributed by atoms with Gasteiger partial charge in [-0.1, -0.05) is 11.6 Å². The second kappa shape index (κ2) is 7.95. The van der Waals surface area contributed by atoms with Crippen molar-refractivity contribution in [2.24, 2.45) is 0 Å². The average Bonchev–Trinajstić information content (AvgIpc) is 2.60. The summed E-state index contributed by atoms with van der Waals surface area (Å²) in [5.74, 6) is 1.03. The fourth-order valence-electron chi connectivity index (χ4n) is 2.56. The fraction of sp³-hybridized carbons (Fsp3) is 0.211. The van der Waals surface area contributed by atoms with Crippen LogP contribution in [0.3, 0.4) is 0 Å². The predicted octanol–water partition coefficient (Wildman–Crippen LogP) is 4.34. The summed E-state index contributed by atoms with van der Waals surface area (Å²) in [7, 11) is 0. The summed E-state index contributed by atoms with van der Waals surface area (Å²) in [5, 5.41) is 14.7. The largest absolute Gasteiger partial charge is 0.508 e. The monoisotopic (exact) mass is 375 g/mol. The number of phenols is 1. The highest BCUT2D eigenvalue weighted by molar-refractivity contribution is 7.99. The molecule has 1 heterocycles. The topological polar surface area (TPSA) is 62.5 Å². The molecule has 3 rings (SSSR count). The normalized spacial score (nSPS) is 11.1. The molecule has 3 aromatic rings. The highest BCUT2D eigenvalue weighted by Gasteiger charge is 2.10. The molecule has 0 aliphatic heterocycles. The molecule has 2 aromatic carbocycles. The van der Waals surface area contributed by atoms with Gasteiger partial charge in [0, 0.05) is 45.8 Å². The Morgan fingerprint density at radius 1 is 1.20 bits per heavy atom. The lowest BCUT2D eigenvalue weighted by Crippen LogP contribution is -2.18. The molecule has 25 heavy (non-hydrogen) atoms. The summed E-state index contributed by atoms with van der Waals surface area (Å²) >= 11 is 7.62. The number of hydrogen-bond donors (Lipinski definition) is 2.